The van der Waals surface area contributed by atoms with Crippen LogP contribution in [0.2, 0.25) is 0 Å². The monoisotopic (exact) mass is 264 g/mol. The maximum absolute atomic E-state index is 5.75. The molecule has 5 nitrogen and oxygen atoms in total. The summed E-state index contributed by atoms with van der Waals surface area (Å²) in [4.78, 5) is 4.42. The van der Waals surface area contributed by atoms with E-state index in [1.165, 1.54) is 0 Å². The summed E-state index contributed by atoms with van der Waals surface area (Å²) in [7, 11) is -0.321. The quantitative estimate of drug-likeness (QED) is 0.748. The highest BCUT2D eigenvalue weighted by atomic mass is 16.6. The van der Waals surface area contributed by atoms with E-state index in [0.717, 1.165) is 31.6 Å². The van der Waals surface area contributed by atoms with Crippen molar-refractivity contribution in [3.8, 4) is 0 Å². The number of ether oxygens (including phenoxy) is 1. The van der Waals surface area contributed by atoms with Crippen LogP contribution in [0.15, 0.2) is 12.5 Å². The molecule has 3 heterocycles. The lowest BCUT2D eigenvalue weighted by Crippen LogP contribution is -2.48. The van der Waals surface area contributed by atoms with Gasteiger partial charge in [0.1, 0.15) is 0 Å². The maximum Gasteiger partial charge on any atom is 0.515 e. The van der Waals surface area contributed by atoms with Crippen LogP contribution < -0.4 is 5.59 Å². The first-order chi connectivity index (χ1) is 9.14. The van der Waals surface area contributed by atoms with Crippen molar-refractivity contribution in [3.05, 3.63) is 12.5 Å². The molecule has 2 fully saturated rings. The molecule has 19 heavy (non-hydrogen) atoms. The number of rotatable bonds is 2. The molecule has 0 aliphatic carbocycles. The molecule has 2 aliphatic heterocycles. The van der Waals surface area contributed by atoms with Crippen LogP contribution in [0, 0.1) is 5.41 Å². The third-order valence-corrected chi connectivity index (χ3v) is 3.67. The molecule has 0 radical (unpaired) electrons. The lowest BCUT2D eigenvalue weighted by atomic mass is 9.80. The zero-order valence-electron chi connectivity index (χ0n) is 11.7. The highest BCUT2D eigenvalue weighted by molar-refractivity contribution is 6.60. The smallest absolute Gasteiger partial charge is 0.406 e. The highest BCUT2D eigenvalue weighted by Crippen LogP contribution is 2.22. The van der Waals surface area contributed by atoms with E-state index in [0.29, 0.717) is 19.3 Å². The molecular weight excluding hydrogens is 243 g/mol. The van der Waals surface area contributed by atoms with Gasteiger partial charge in [-0.25, -0.2) is 4.98 Å². The number of hydrogen-bond acceptors (Lipinski definition) is 4. The van der Waals surface area contributed by atoms with Crippen LogP contribution >= 0.6 is 0 Å². The van der Waals surface area contributed by atoms with Gasteiger partial charge in [-0.15, -0.1) is 0 Å². The standard InChI is InChI=1S/C13H21BN2O3/c1-13(2)8-18-14(19-9-13)12-6-16(10-15-12)11-4-3-5-17-7-11/h6,10-11H,3-5,7-9H2,1-2H3. The summed E-state index contributed by atoms with van der Waals surface area (Å²) in [5, 5.41) is 0. The Morgan fingerprint density at radius 3 is 2.84 bits per heavy atom. The molecule has 0 saturated carbocycles. The zero-order chi connectivity index (χ0) is 13.3. The summed E-state index contributed by atoms with van der Waals surface area (Å²) in [6, 6.07) is 0.398. The molecule has 1 aromatic rings. The van der Waals surface area contributed by atoms with E-state index >= 15 is 0 Å². The minimum absolute atomic E-state index is 0.0935. The average Bonchev–Trinajstić information content (AvgIpc) is 2.89. The van der Waals surface area contributed by atoms with E-state index in [2.05, 4.69) is 23.4 Å². The fourth-order valence-corrected chi connectivity index (χ4v) is 2.50. The van der Waals surface area contributed by atoms with Crippen LogP contribution in [0.5, 0.6) is 0 Å². The second-order valence-corrected chi connectivity index (χ2v) is 6.23. The van der Waals surface area contributed by atoms with Gasteiger partial charge >= 0.3 is 7.12 Å². The Morgan fingerprint density at radius 1 is 1.37 bits per heavy atom. The highest BCUT2D eigenvalue weighted by Gasteiger charge is 2.35. The van der Waals surface area contributed by atoms with Crippen molar-refractivity contribution in [2.75, 3.05) is 26.4 Å². The van der Waals surface area contributed by atoms with Gasteiger partial charge in [-0.1, -0.05) is 13.8 Å². The van der Waals surface area contributed by atoms with E-state index < -0.39 is 0 Å². The van der Waals surface area contributed by atoms with Crippen LogP contribution in [0.1, 0.15) is 32.7 Å². The van der Waals surface area contributed by atoms with E-state index in [4.69, 9.17) is 14.0 Å². The number of nitrogens with zero attached hydrogens (tertiary/aromatic N) is 2. The fourth-order valence-electron chi connectivity index (χ4n) is 2.50. The Morgan fingerprint density at radius 2 is 2.16 bits per heavy atom. The summed E-state index contributed by atoms with van der Waals surface area (Å²) in [5.74, 6) is 0. The van der Waals surface area contributed by atoms with Crippen LogP contribution in [0.25, 0.3) is 0 Å². The summed E-state index contributed by atoms with van der Waals surface area (Å²) in [6.07, 6.45) is 6.15. The number of aromatic nitrogens is 2. The van der Waals surface area contributed by atoms with Crippen LogP contribution in [0.4, 0.5) is 0 Å². The summed E-state index contributed by atoms with van der Waals surface area (Å²) in [5.41, 5.74) is 0.956. The predicted octanol–water partition coefficient (Wildman–Crippen LogP) is 1.00. The molecule has 3 rings (SSSR count). The third-order valence-electron chi connectivity index (χ3n) is 3.67. The molecular formula is C13H21BN2O3. The lowest BCUT2D eigenvalue weighted by Gasteiger charge is -2.32. The molecule has 0 N–H and O–H groups in total. The fraction of sp³-hybridized carbons (Fsp3) is 0.769. The molecule has 2 saturated heterocycles. The summed E-state index contributed by atoms with van der Waals surface area (Å²) < 4.78 is 19.1. The van der Waals surface area contributed by atoms with Gasteiger partial charge in [0.05, 0.1) is 24.6 Å². The SMILES string of the molecule is CC1(C)COB(c2cn(C3CCCOC3)cn2)OC1. The first-order valence-corrected chi connectivity index (χ1v) is 6.98. The second-order valence-electron chi connectivity index (χ2n) is 6.23. The third kappa shape index (κ3) is 3.01. The summed E-state index contributed by atoms with van der Waals surface area (Å²) >= 11 is 0. The van der Waals surface area contributed by atoms with Crippen molar-refractivity contribution in [1.82, 2.24) is 9.55 Å². The molecule has 6 heteroatoms. The van der Waals surface area contributed by atoms with Crippen LogP contribution in [-0.4, -0.2) is 43.1 Å². The van der Waals surface area contributed by atoms with Gasteiger partial charge in [-0.3, -0.25) is 0 Å². The normalized spacial score (nSPS) is 27.5. The van der Waals surface area contributed by atoms with E-state index in [9.17, 15) is 0 Å². The minimum atomic E-state index is -0.321. The van der Waals surface area contributed by atoms with E-state index in [1.54, 1.807) is 0 Å². The first-order valence-electron chi connectivity index (χ1n) is 6.98. The van der Waals surface area contributed by atoms with Gasteiger partial charge in [0, 0.05) is 31.4 Å². The van der Waals surface area contributed by atoms with E-state index in [-0.39, 0.29) is 12.5 Å². The van der Waals surface area contributed by atoms with Crippen LogP contribution in [-0.2, 0) is 14.0 Å². The van der Waals surface area contributed by atoms with Crippen molar-refractivity contribution in [3.63, 3.8) is 0 Å². The van der Waals surface area contributed by atoms with Crippen LogP contribution in [0.3, 0.4) is 0 Å². The first kappa shape index (κ1) is 13.2. The largest absolute Gasteiger partial charge is 0.515 e. The molecule has 1 unspecified atom stereocenters. The van der Waals surface area contributed by atoms with Crippen molar-refractivity contribution in [2.45, 2.75) is 32.7 Å². The van der Waals surface area contributed by atoms with Gasteiger partial charge in [0.2, 0.25) is 0 Å². The Kier molecular flexibility index (Phi) is 3.65. The van der Waals surface area contributed by atoms with Crippen molar-refractivity contribution < 1.29 is 14.0 Å². The second kappa shape index (κ2) is 5.27. The van der Waals surface area contributed by atoms with E-state index in [1.807, 2.05) is 12.5 Å². The number of imidazole rings is 1. The molecule has 0 amide bonds. The minimum Gasteiger partial charge on any atom is -0.406 e. The van der Waals surface area contributed by atoms with Crippen molar-refractivity contribution >= 4 is 12.7 Å². The Hall–Kier alpha value is -0.845. The van der Waals surface area contributed by atoms with Crippen molar-refractivity contribution in [1.29, 1.82) is 0 Å². The molecule has 0 aromatic carbocycles. The Balaban J connectivity index is 1.64. The molecule has 0 bridgehead atoms. The molecule has 2 aliphatic rings. The van der Waals surface area contributed by atoms with Gasteiger partial charge in [-0.05, 0) is 12.8 Å². The van der Waals surface area contributed by atoms with Gasteiger partial charge in [0.25, 0.3) is 0 Å². The lowest BCUT2D eigenvalue weighted by molar-refractivity contribution is 0.0339. The Labute approximate surface area is 114 Å². The number of hydrogen-bond donors (Lipinski definition) is 0. The van der Waals surface area contributed by atoms with Gasteiger partial charge in [0.15, 0.2) is 0 Å². The molecule has 104 valence electrons. The molecule has 1 atom stereocenters. The average molecular weight is 264 g/mol. The Bertz CT molecular complexity index is 419. The van der Waals surface area contributed by atoms with Crippen molar-refractivity contribution in [2.24, 2.45) is 5.41 Å². The van der Waals surface area contributed by atoms with Gasteiger partial charge < -0.3 is 18.6 Å². The topological polar surface area (TPSA) is 45.5 Å². The maximum atomic E-state index is 5.75. The summed E-state index contributed by atoms with van der Waals surface area (Å²) in [6.45, 7) is 7.34. The molecule has 0 spiro atoms. The molecule has 1 aromatic heterocycles. The zero-order valence-corrected chi connectivity index (χ0v) is 11.7. The van der Waals surface area contributed by atoms with Gasteiger partial charge in [-0.2, -0.15) is 0 Å². The predicted molar refractivity (Wildman–Crippen MR) is 72.4 cm³/mol.